The molecule has 0 spiro atoms. The molecule has 2 amide bonds. The van der Waals surface area contributed by atoms with Gasteiger partial charge >= 0.3 is 0 Å². The van der Waals surface area contributed by atoms with Crippen molar-refractivity contribution in [3.63, 3.8) is 0 Å². The van der Waals surface area contributed by atoms with Crippen molar-refractivity contribution in [2.24, 2.45) is 5.92 Å². The summed E-state index contributed by atoms with van der Waals surface area (Å²) < 4.78 is 0. The molecule has 2 atom stereocenters. The van der Waals surface area contributed by atoms with Gasteiger partial charge in [-0.15, -0.1) is 0 Å². The minimum atomic E-state index is -0.273. The SMILES string of the molecule is CNC(=O)[C@H]1CN(Cc2cccnc2)C[C@@H]1NC(=O)c1cccc(C)c1. The second-order valence-corrected chi connectivity index (χ2v) is 6.73. The van der Waals surface area contributed by atoms with Crippen molar-refractivity contribution in [2.45, 2.75) is 19.5 Å². The number of aryl methyl sites for hydroxylation is 1. The zero-order chi connectivity index (χ0) is 18.5. The first kappa shape index (κ1) is 18.1. The maximum atomic E-state index is 12.6. The van der Waals surface area contributed by atoms with Crippen LogP contribution in [0.3, 0.4) is 0 Å². The van der Waals surface area contributed by atoms with Crippen LogP contribution in [0.4, 0.5) is 0 Å². The van der Waals surface area contributed by atoms with Crippen molar-refractivity contribution in [2.75, 3.05) is 20.1 Å². The Hall–Kier alpha value is -2.73. The number of pyridine rings is 1. The average molecular weight is 352 g/mol. The molecule has 1 saturated heterocycles. The van der Waals surface area contributed by atoms with Gasteiger partial charge in [-0.2, -0.15) is 0 Å². The maximum Gasteiger partial charge on any atom is 0.251 e. The van der Waals surface area contributed by atoms with Gasteiger partial charge in [0.2, 0.25) is 5.91 Å². The van der Waals surface area contributed by atoms with Gasteiger partial charge in [-0.25, -0.2) is 0 Å². The topological polar surface area (TPSA) is 74.3 Å². The van der Waals surface area contributed by atoms with E-state index in [1.807, 2.05) is 43.5 Å². The van der Waals surface area contributed by atoms with Gasteiger partial charge in [-0.05, 0) is 30.7 Å². The highest BCUT2D eigenvalue weighted by Gasteiger charge is 2.38. The molecule has 6 heteroatoms. The van der Waals surface area contributed by atoms with E-state index in [0.717, 1.165) is 11.1 Å². The predicted octanol–water partition coefficient (Wildman–Crippen LogP) is 1.37. The van der Waals surface area contributed by atoms with Gasteiger partial charge in [0.15, 0.2) is 0 Å². The zero-order valence-electron chi connectivity index (χ0n) is 15.1. The van der Waals surface area contributed by atoms with Crippen LogP contribution in [0.5, 0.6) is 0 Å². The summed E-state index contributed by atoms with van der Waals surface area (Å²) in [6, 6.07) is 11.2. The van der Waals surface area contributed by atoms with Gasteiger partial charge in [0.1, 0.15) is 0 Å². The number of carbonyl (C=O) groups is 2. The number of hydrogen-bond acceptors (Lipinski definition) is 4. The molecule has 1 fully saturated rings. The maximum absolute atomic E-state index is 12.6. The summed E-state index contributed by atoms with van der Waals surface area (Å²) in [6.07, 6.45) is 3.57. The number of likely N-dealkylation sites (tertiary alicyclic amines) is 1. The highest BCUT2D eigenvalue weighted by Crippen LogP contribution is 2.20. The van der Waals surface area contributed by atoms with Gasteiger partial charge in [0.25, 0.3) is 5.91 Å². The summed E-state index contributed by atoms with van der Waals surface area (Å²) in [5.74, 6) is -0.463. The number of benzene rings is 1. The number of rotatable bonds is 5. The predicted molar refractivity (Wildman–Crippen MR) is 99.5 cm³/mol. The van der Waals surface area contributed by atoms with E-state index in [4.69, 9.17) is 0 Å². The van der Waals surface area contributed by atoms with Crippen LogP contribution in [0, 0.1) is 12.8 Å². The van der Waals surface area contributed by atoms with E-state index < -0.39 is 0 Å². The van der Waals surface area contributed by atoms with E-state index in [2.05, 4.69) is 20.5 Å². The Bertz CT molecular complexity index is 778. The lowest BCUT2D eigenvalue weighted by molar-refractivity contribution is -0.124. The molecule has 0 aliphatic carbocycles. The van der Waals surface area contributed by atoms with Crippen LogP contribution < -0.4 is 10.6 Å². The molecule has 0 radical (unpaired) electrons. The molecule has 1 aliphatic rings. The van der Waals surface area contributed by atoms with Crippen LogP contribution in [0.1, 0.15) is 21.5 Å². The summed E-state index contributed by atoms with van der Waals surface area (Å²) in [5.41, 5.74) is 2.74. The van der Waals surface area contributed by atoms with E-state index >= 15 is 0 Å². The number of nitrogens with zero attached hydrogens (tertiary/aromatic N) is 2. The Morgan fingerprint density at radius 2 is 2.08 bits per heavy atom. The van der Waals surface area contributed by atoms with Gasteiger partial charge < -0.3 is 10.6 Å². The van der Waals surface area contributed by atoms with Crippen molar-refractivity contribution in [1.82, 2.24) is 20.5 Å². The third-order valence-electron chi connectivity index (χ3n) is 4.70. The highest BCUT2D eigenvalue weighted by atomic mass is 16.2. The van der Waals surface area contributed by atoms with Crippen molar-refractivity contribution in [3.8, 4) is 0 Å². The largest absolute Gasteiger partial charge is 0.359 e. The standard InChI is InChI=1S/C20H24N4O2/c1-14-5-3-7-16(9-14)19(25)23-18-13-24(12-17(18)20(26)21-2)11-15-6-4-8-22-10-15/h3-10,17-18H,11-13H2,1-2H3,(H,21,26)(H,23,25)/t17-,18-/m0/s1. The first-order valence-corrected chi connectivity index (χ1v) is 8.77. The van der Waals surface area contributed by atoms with Gasteiger partial charge in [-0.1, -0.05) is 23.8 Å². The van der Waals surface area contributed by atoms with E-state index in [0.29, 0.717) is 25.2 Å². The summed E-state index contributed by atoms with van der Waals surface area (Å²) in [6.45, 7) is 3.89. The third-order valence-corrected chi connectivity index (χ3v) is 4.70. The highest BCUT2D eigenvalue weighted by molar-refractivity contribution is 5.95. The van der Waals surface area contributed by atoms with E-state index in [1.54, 1.807) is 19.3 Å². The van der Waals surface area contributed by atoms with Gasteiger partial charge in [-0.3, -0.25) is 19.5 Å². The average Bonchev–Trinajstić information content (AvgIpc) is 3.04. The molecule has 1 aromatic heterocycles. The molecule has 0 unspecified atom stereocenters. The first-order valence-electron chi connectivity index (χ1n) is 8.77. The fourth-order valence-corrected chi connectivity index (χ4v) is 3.40. The first-order chi connectivity index (χ1) is 12.6. The molecule has 2 aromatic rings. The Kier molecular flexibility index (Phi) is 5.63. The molecule has 0 bridgehead atoms. The van der Waals surface area contributed by atoms with Gasteiger partial charge in [0.05, 0.1) is 12.0 Å². The number of amides is 2. The lowest BCUT2D eigenvalue weighted by atomic mass is 10.0. The minimum Gasteiger partial charge on any atom is -0.359 e. The fraction of sp³-hybridized carbons (Fsp3) is 0.350. The molecule has 1 aliphatic heterocycles. The number of hydrogen-bond donors (Lipinski definition) is 2. The molecule has 2 heterocycles. The van der Waals surface area contributed by atoms with Crippen LogP contribution in [-0.2, 0) is 11.3 Å². The number of aromatic nitrogens is 1. The normalized spacial score (nSPS) is 19.9. The summed E-state index contributed by atoms with van der Waals surface area (Å²) in [4.78, 5) is 31.2. The molecule has 136 valence electrons. The minimum absolute atomic E-state index is 0.0479. The van der Waals surface area contributed by atoms with Crippen molar-refractivity contribution >= 4 is 11.8 Å². The Morgan fingerprint density at radius 3 is 2.77 bits per heavy atom. The van der Waals surface area contributed by atoms with Crippen LogP contribution in [0.15, 0.2) is 48.8 Å². The monoisotopic (exact) mass is 352 g/mol. The van der Waals surface area contributed by atoms with E-state index in [-0.39, 0.29) is 23.8 Å². The Balaban J connectivity index is 1.71. The second kappa shape index (κ2) is 8.10. The molecule has 26 heavy (non-hydrogen) atoms. The molecular weight excluding hydrogens is 328 g/mol. The molecular formula is C20H24N4O2. The Morgan fingerprint density at radius 1 is 1.23 bits per heavy atom. The van der Waals surface area contributed by atoms with Gasteiger partial charge in [0, 0.05) is 44.6 Å². The summed E-state index contributed by atoms with van der Waals surface area (Å²) >= 11 is 0. The molecule has 2 N–H and O–H groups in total. The molecule has 3 rings (SSSR count). The molecule has 6 nitrogen and oxygen atoms in total. The second-order valence-electron chi connectivity index (χ2n) is 6.73. The quantitative estimate of drug-likeness (QED) is 0.852. The lowest BCUT2D eigenvalue weighted by Gasteiger charge is -2.19. The van der Waals surface area contributed by atoms with Crippen LogP contribution in [0.2, 0.25) is 0 Å². The van der Waals surface area contributed by atoms with Crippen LogP contribution in [0.25, 0.3) is 0 Å². The summed E-state index contributed by atoms with van der Waals surface area (Å²) in [7, 11) is 1.63. The summed E-state index contributed by atoms with van der Waals surface area (Å²) in [5, 5.41) is 5.76. The fourth-order valence-electron chi connectivity index (χ4n) is 3.40. The van der Waals surface area contributed by atoms with Crippen LogP contribution >= 0.6 is 0 Å². The third kappa shape index (κ3) is 4.26. The van der Waals surface area contributed by atoms with Crippen molar-refractivity contribution in [1.29, 1.82) is 0 Å². The molecule has 0 saturated carbocycles. The number of nitrogens with one attached hydrogen (secondary N) is 2. The Labute approximate surface area is 153 Å². The van der Waals surface area contributed by atoms with E-state index in [9.17, 15) is 9.59 Å². The zero-order valence-corrected chi connectivity index (χ0v) is 15.1. The van der Waals surface area contributed by atoms with Crippen molar-refractivity contribution < 1.29 is 9.59 Å². The van der Waals surface area contributed by atoms with E-state index in [1.165, 1.54) is 0 Å². The lowest BCUT2D eigenvalue weighted by Crippen LogP contribution is -2.45. The molecule has 1 aromatic carbocycles. The van der Waals surface area contributed by atoms with Crippen LogP contribution in [-0.4, -0.2) is 47.9 Å². The van der Waals surface area contributed by atoms with Crippen molar-refractivity contribution in [3.05, 3.63) is 65.5 Å². The smallest absolute Gasteiger partial charge is 0.251 e. The number of carbonyl (C=O) groups excluding carboxylic acids is 2.